The first-order chi connectivity index (χ1) is 9.59. The van der Waals surface area contributed by atoms with E-state index >= 15 is 0 Å². The van der Waals surface area contributed by atoms with Gasteiger partial charge in [0, 0.05) is 5.56 Å². The van der Waals surface area contributed by atoms with Crippen LogP contribution in [0, 0.1) is 5.82 Å². The highest BCUT2D eigenvalue weighted by Crippen LogP contribution is 2.25. The van der Waals surface area contributed by atoms with Crippen molar-refractivity contribution in [1.29, 1.82) is 0 Å². The van der Waals surface area contributed by atoms with Gasteiger partial charge in [-0.15, -0.1) is 0 Å². The van der Waals surface area contributed by atoms with Crippen molar-refractivity contribution in [3.8, 4) is 0 Å². The van der Waals surface area contributed by atoms with Crippen LogP contribution in [0.5, 0.6) is 0 Å². The summed E-state index contributed by atoms with van der Waals surface area (Å²) in [5.74, 6) is -2.96. The van der Waals surface area contributed by atoms with E-state index < -0.39 is 23.4 Å². The van der Waals surface area contributed by atoms with Crippen LogP contribution in [0.25, 0.3) is 0 Å². The average molecular weight is 269 g/mol. The van der Waals surface area contributed by atoms with Crippen molar-refractivity contribution < 1.29 is 18.8 Å². The predicted molar refractivity (Wildman–Crippen MR) is 69.0 cm³/mol. The summed E-state index contributed by atoms with van der Waals surface area (Å²) in [6.45, 7) is 0. The molecule has 0 N–H and O–H groups in total. The van der Waals surface area contributed by atoms with Crippen LogP contribution in [0.3, 0.4) is 0 Å². The Morgan fingerprint density at radius 2 is 1.50 bits per heavy atom. The fourth-order valence-corrected chi connectivity index (χ4v) is 2.15. The molecule has 0 radical (unpaired) electrons. The molecule has 0 unspecified atom stereocenters. The normalized spacial score (nSPS) is 14.4. The highest BCUT2D eigenvalue weighted by molar-refractivity contribution is 6.55. The molecule has 0 spiro atoms. The Morgan fingerprint density at radius 1 is 0.800 bits per heavy atom. The third kappa shape index (κ3) is 1.72. The molecule has 3 rings (SSSR count). The summed E-state index contributed by atoms with van der Waals surface area (Å²) < 4.78 is 13.2. The van der Waals surface area contributed by atoms with E-state index in [4.69, 9.17) is 0 Å². The third-order valence-electron chi connectivity index (χ3n) is 3.07. The number of rotatable bonds is 1. The second kappa shape index (κ2) is 4.38. The molecule has 0 aromatic heterocycles. The third-order valence-corrected chi connectivity index (χ3v) is 3.07. The first kappa shape index (κ1) is 12.2. The lowest BCUT2D eigenvalue weighted by atomic mass is 9.97. The molecule has 0 saturated carbocycles. The zero-order valence-electron chi connectivity index (χ0n) is 10.2. The van der Waals surface area contributed by atoms with Crippen molar-refractivity contribution >= 4 is 23.3 Å². The fraction of sp³-hybridized carbons (Fsp3) is 0. The molecule has 0 atom stereocenters. The largest absolute Gasteiger partial charge is 0.306 e. The molecule has 0 fully saturated rings. The molecule has 2 amide bonds. The van der Waals surface area contributed by atoms with Gasteiger partial charge in [-0.1, -0.05) is 24.3 Å². The van der Waals surface area contributed by atoms with Gasteiger partial charge < -0.3 is 0 Å². The summed E-state index contributed by atoms with van der Waals surface area (Å²) in [6.07, 6.45) is 0. The summed E-state index contributed by atoms with van der Waals surface area (Å²) in [6, 6.07) is 11.1. The van der Waals surface area contributed by atoms with E-state index in [1.165, 1.54) is 30.3 Å². The van der Waals surface area contributed by atoms with Crippen molar-refractivity contribution in [3.63, 3.8) is 0 Å². The second-order valence-electron chi connectivity index (χ2n) is 4.30. The Morgan fingerprint density at radius 3 is 2.20 bits per heavy atom. The molecule has 0 bridgehead atoms. The minimum atomic E-state index is -0.973. The summed E-state index contributed by atoms with van der Waals surface area (Å²) >= 11 is 0. The van der Waals surface area contributed by atoms with Crippen LogP contribution in [0.4, 0.5) is 10.1 Å². The number of amides is 2. The predicted octanol–water partition coefficient (Wildman–Crippen LogP) is 2.20. The lowest BCUT2D eigenvalue weighted by molar-refractivity contribution is -0.114. The Kier molecular flexibility index (Phi) is 2.68. The highest BCUT2D eigenvalue weighted by atomic mass is 19.1. The lowest BCUT2D eigenvalue weighted by Gasteiger charge is -2.25. The van der Waals surface area contributed by atoms with Gasteiger partial charge in [-0.05, 0) is 24.3 Å². The molecule has 98 valence electrons. The Labute approximate surface area is 113 Å². The van der Waals surface area contributed by atoms with Gasteiger partial charge in [-0.2, -0.15) is 0 Å². The van der Waals surface area contributed by atoms with Crippen molar-refractivity contribution in [3.05, 3.63) is 65.5 Å². The van der Waals surface area contributed by atoms with Gasteiger partial charge in [0.25, 0.3) is 11.7 Å². The minimum Gasteiger partial charge on any atom is -0.283 e. The van der Waals surface area contributed by atoms with Gasteiger partial charge in [-0.25, -0.2) is 9.29 Å². The molecule has 1 heterocycles. The van der Waals surface area contributed by atoms with Crippen molar-refractivity contribution in [2.75, 3.05) is 4.90 Å². The molecule has 2 aromatic carbocycles. The SMILES string of the molecule is O=C1C(=O)N(c2cccc(F)c2)C(=O)c2ccccc21. The summed E-state index contributed by atoms with van der Waals surface area (Å²) in [4.78, 5) is 37.1. The van der Waals surface area contributed by atoms with Crippen molar-refractivity contribution in [2.24, 2.45) is 0 Å². The first-order valence-corrected chi connectivity index (χ1v) is 5.87. The van der Waals surface area contributed by atoms with Gasteiger partial charge in [0.1, 0.15) is 5.82 Å². The molecule has 0 saturated heterocycles. The van der Waals surface area contributed by atoms with Crippen LogP contribution in [0.2, 0.25) is 0 Å². The molecule has 1 aliphatic heterocycles. The number of Topliss-reactive ketones (excluding diaryl/α,β-unsaturated/α-hetero) is 1. The van der Waals surface area contributed by atoms with Crippen LogP contribution in [-0.4, -0.2) is 17.6 Å². The molecule has 2 aromatic rings. The standard InChI is InChI=1S/C15H8FNO3/c16-9-4-3-5-10(8-9)17-14(19)12-7-2-1-6-11(12)13(18)15(17)20/h1-8H. The van der Waals surface area contributed by atoms with E-state index in [-0.39, 0.29) is 16.8 Å². The average Bonchev–Trinajstić information content (AvgIpc) is 2.45. The van der Waals surface area contributed by atoms with Crippen molar-refractivity contribution in [1.82, 2.24) is 0 Å². The maximum absolute atomic E-state index is 13.2. The first-order valence-electron chi connectivity index (χ1n) is 5.87. The number of hydrogen-bond donors (Lipinski definition) is 0. The number of ketones is 1. The van der Waals surface area contributed by atoms with Crippen molar-refractivity contribution in [2.45, 2.75) is 0 Å². The monoisotopic (exact) mass is 269 g/mol. The fourth-order valence-electron chi connectivity index (χ4n) is 2.15. The molecular formula is C15H8FNO3. The maximum atomic E-state index is 13.2. The number of carbonyl (C=O) groups excluding carboxylic acids is 3. The number of anilines is 1. The zero-order valence-corrected chi connectivity index (χ0v) is 10.2. The molecule has 4 nitrogen and oxygen atoms in total. The topological polar surface area (TPSA) is 54.5 Å². The van der Waals surface area contributed by atoms with Gasteiger partial charge in [0.15, 0.2) is 0 Å². The minimum absolute atomic E-state index is 0.0443. The summed E-state index contributed by atoms with van der Waals surface area (Å²) in [7, 11) is 0. The number of imide groups is 1. The molecule has 0 aliphatic carbocycles. The summed E-state index contributed by atoms with van der Waals surface area (Å²) in [5.41, 5.74) is 0.263. The van der Waals surface area contributed by atoms with Gasteiger partial charge in [0.05, 0.1) is 11.3 Å². The summed E-state index contributed by atoms with van der Waals surface area (Å²) in [5, 5.41) is 0. The van der Waals surface area contributed by atoms with Gasteiger partial charge >= 0.3 is 5.91 Å². The molecule has 5 heteroatoms. The Hall–Kier alpha value is -2.82. The van der Waals surface area contributed by atoms with Gasteiger partial charge in [0.2, 0.25) is 0 Å². The van der Waals surface area contributed by atoms with Crippen LogP contribution in [0.1, 0.15) is 20.7 Å². The zero-order chi connectivity index (χ0) is 14.3. The number of halogens is 1. The number of carbonyl (C=O) groups is 3. The quantitative estimate of drug-likeness (QED) is 0.589. The van der Waals surface area contributed by atoms with E-state index in [9.17, 15) is 18.8 Å². The number of fused-ring (bicyclic) bond motifs is 1. The van der Waals surface area contributed by atoms with Gasteiger partial charge in [-0.3, -0.25) is 14.4 Å². The van der Waals surface area contributed by atoms with Crippen LogP contribution in [0.15, 0.2) is 48.5 Å². The van der Waals surface area contributed by atoms with Crippen LogP contribution < -0.4 is 4.90 Å². The van der Waals surface area contributed by atoms with E-state index in [1.807, 2.05) is 0 Å². The maximum Gasteiger partial charge on any atom is 0.306 e. The molecule has 1 aliphatic rings. The number of hydrogen-bond acceptors (Lipinski definition) is 3. The molecular weight excluding hydrogens is 261 g/mol. The Bertz CT molecular complexity index is 754. The number of benzene rings is 2. The smallest absolute Gasteiger partial charge is 0.283 e. The second-order valence-corrected chi connectivity index (χ2v) is 4.30. The van der Waals surface area contributed by atoms with Crippen LogP contribution in [-0.2, 0) is 4.79 Å². The van der Waals surface area contributed by atoms with E-state index in [0.29, 0.717) is 4.90 Å². The van der Waals surface area contributed by atoms with E-state index in [1.54, 1.807) is 12.1 Å². The molecule has 20 heavy (non-hydrogen) atoms. The Balaban J connectivity index is 2.17. The number of nitrogens with zero attached hydrogens (tertiary/aromatic N) is 1. The van der Waals surface area contributed by atoms with E-state index in [0.717, 1.165) is 6.07 Å². The highest BCUT2D eigenvalue weighted by Gasteiger charge is 2.38. The van der Waals surface area contributed by atoms with Crippen LogP contribution >= 0.6 is 0 Å². The lowest BCUT2D eigenvalue weighted by Crippen LogP contribution is -2.46. The van der Waals surface area contributed by atoms with E-state index in [2.05, 4.69) is 0 Å².